The molecule has 1 heteroatoms. The molecule has 0 bridgehead atoms. The maximum Gasteiger partial charge on any atom is 0.0623 e. The van der Waals surface area contributed by atoms with Gasteiger partial charge in [-0.05, 0) is 30.7 Å². The monoisotopic (exact) mass is 223 g/mol. The fraction of sp³-hybridized carbons (Fsp3) is 0.0625. The maximum absolute atomic E-state index is 3.98. The fourth-order valence-corrected chi connectivity index (χ4v) is 1.25. The van der Waals surface area contributed by atoms with E-state index in [1.807, 2.05) is 49.4 Å². The van der Waals surface area contributed by atoms with Crippen LogP contribution in [0.5, 0.6) is 0 Å². The zero-order chi connectivity index (χ0) is 12.3. The Morgan fingerprint density at radius 1 is 1.00 bits per heavy atom. The summed E-state index contributed by atoms with van der Waals surface area (Å²) in [5, 5.41) is 0. The summed E-state index contributed by atoms with van der Waals surface area (Å²) >= 11 is 0. The van der Waals surface area contributed by atoms with Crippen molar-refractivity contribution in [2.75, 3.05) is 0 Å². The molecule has 1 aromatic carbocycles. The van der Waals surface area contributed by atoms with Crippen molar-refractivity contribution in [2.24, 2.45) is 0 Å². The van der Waals surface area contributed by atoms with E-state index in [0.29, 0.717) is 0 Å². The second kappa shape index (κ2) is 8.05. The minimum atomic E-state index is 0.924. The number of rotatable bonds is 2. The third-order valence-electron chi connectivity index (χ3n) is 2.06. The molecule has 0 saturated heterocycles. The van der Waals surface area contributed by atoms with Crippen molar-refractivity contribution in [1.82, 2.24) is 4.98 Å². The Morgan fingerprint density at radius 2 is 1.71 bits per heavy atom. The summed E-state index contributed by atoms with van der Waals surface area (Å²) in [6, 6.07) is 16.0. The molecule has 0 N–H and O–H groups in total. The first-order valence-electron chi connectivity index (χ1n) is 5.58. The number of aromatic nitrogens is 1. The normalized spacial score (nSPS) is 9.47. The zero-order valence-electron chi connectivity index (χ0n) is 10.1. The van der Waals surface area contributed by atoms with Gasteiger partial charge in [0.25, 0.3) is 0 Å². The van der Waals surface area contributed by atoms with Crippen molar-refractivity contribution in [3.8, 4) is 0 Å². The zero-order valence-corrected chi connectivity index (χ0v) is 10.1. The highest BCUT2D eigenvalue weighted by atomic mass is 14.6. The van der Waals surface area contributed by atoms with E-state index >= 15 is 0 Å². The van der Waals surface area contributed by atoms with Crippen LogP contribution >= 0.6 is 0 Å². The van der Waals surface area contributed by atoms with Gasteiger partial charge >= 0.3 is 0 Å². The van der Waals surface area contributed by atoms with E-state index in [2.05, 4.69) is 29.8 Å². The first-order chi connectivity index (χ1) is 8.36. The second-order valence-electron chi connectivity index (χ2n) is 3.37. The van der Waals surface area contributed by atoms with Crippen LogP contribution in [0.4, 0.5) is 0 Å². The predicted molar refractivity (Wildman–Crippen MR) is 75.5 cm³/mol. The van der Waals surface area contributed by atoms with Crippen molar-refractivity contribution in [2.45, 2.75) is 6.92 Å². The number of hydrogen-bond donors (Lipinski definition) is 0. The SMILES string of the molecule is C=Cc1ccccn1.CC=Cc1ccccc1. The van der Waals surface area contributed by atoms with Gasteiger partial charge in [-0.3, -0.25) is 4.98 Å². The summed E-state index contributed by atoms with van der Waals surface area (Å²) in [4.78, 5) is 3.98. The number of benzene rings is 1. The lowest BCUT2D eigenvalue weighted by Gasteiger charge is -1.86. The highest BCUT2D eigenvalue weighted by Crippen LogP contribution is 1.99. The van der Waals surface area contributed by atoms with Gasteiger partial charge in [-0.15, -0.1) is 0 Å². The lowest BCUT2D eigenvalue weighted by atomic mass is 10.2. The van der Waals surface area contributed by atoms with Crippen LogP contribution in [0.2, 0.25) is 0 Å². The molecule has 1 aromatic heterocycles. The molecule has 0 radical (unpaired) electrons. The minimum Gasteiger partial charge on any atom is -0.257 e. The molecule has 0 aliphatic rings. The summed E-state index contributed by atoms with van der Waals surface area (Å²) in [6.07, 6.45) is 7.59. The molecule has 0 saturated carbocycles. The summed E-state index contributed by atoms with van der Waals surface area (Å²) in [5.74, 6) is 0. The maximum atomic E-state index is 3.98. The molecule has 86 valence electrons. The van der Waals surface area contributed by atoms with Gasteiger partial charge in [-0.2, -0.15) is 0 Å². The first-order valence-corrected chi connectivity index (χ1v) is 5.58. The standard InChI is InChI=1S/C9H10.C7H7N/c1-2-6-9-7-4-3-5-8-9;1-2-7-5-3-4-6-8-7/h2-8H,1H3;2-6H,1H2. The van der Waals surface area contributed by atoms with E-state index in [0.717, 1.165) is 5.69 Å². The molecule has 1 nitrogen and oxygen atoms in total. The topological polar surface area (TPSA) is 12.9 Å². The average molecular weight is 223 g/mol. The van der Waals surface area contributed by atoms with Crippen LogP contribution in [0, 0.1) is 0 Å². The Bertz CT molecular complexity index is 443. The number of allylic oxidation sites excluding steroid dienone is 1. The van der Waals surface area contributed by atoms with Crippen molar-refractivity contribution >= 4 is 12.2 Å². The van der Waals surface area contributed by atoms with E-state index < -0.39 is 0 Å². The van der Waals surface area contributed by atoms with E-state index in [4.69, 9.17) is 0 Å². The van der Waals surface area contributed by atoms with Crippen molar-refractivity contribution < 1.29 is 0 Å². The predicted octanol–water partition coefficient (Wildman–Crippen LogP) is 4.44. The molecule has 0 aliphatic heterocycles. The third-order valence-corrected chi connectivity index (χ3v) is 2.06. The van der Waals surface area contributed by atoms with Gasteiger partial charge in [0.05, 0.1) is 5.69 Å². The fourth-order valence-electron chi connectivity index (χ4n) is 1.25. The van der Waals surface area contributed by atoms with Crippen LogP contribution in [0.3, 0.4) is 0 Å². The highest BCUT2D eigenvalue weighted by molar-refractivity contribution is 5.47. The third kappa shape index (κ3) is 5.47. The Labute approximate surface area is 103 Å². The molecular weight excluding hydrogens is 206 g/mol. The van der Waals surface area contributed by atoms with Gasteiger partial charge in [-0.1, -0.05) is 55.1 Å². The molecule has 0 unspecified atom stereocenters. The van der Waals surface area contributed by atoms with Crippen LogP contribution in [-0.2, 0) is 0 Å². The Hall–Kier alpha value is -2.15. The van der Waals surface area contributed by atoms with Gasteiger partial charge in [0.2, 0.25) is 0 Å². The van der Waals surface area contributed by atoms with Crippen molar-refractivity contribution in [3.05, 3.63) is 78.6 Å². The summed E-state index contributed by atoms with van der Waals surface area (Å²) in [6.45, 7) is 5.59. The molecule has 2 rings (SSSR count). The molecule has 1 heterocycles. The summed E-state index contributed by atoms with van der Waals surface area (Å²) < 4.78 is 0. The van der Waals surface area contributed by atoms with E-state index in [9.17, 15) is 0 Å². The Balaban J connectivity index is 0.000000171. The minimum absolute atomic E-state index is 0.924. The van der Waals surface area contributed by atoms with E-state index in [-0.39, 0.29) is 0 Å². The second-order valence-corrected chi connectivity index (χ2v) is 3.37. The molecular formula is C16H17N. The van der Waals surface area contributed by atoms with Gasteiger partial charge < -0.3 is 0 Å². The molecule has 0 amide bonds. The van der Waals surface area contributed by atoms with Crippen molar-refractivity contribution in [3.63, 3.8) is 0 Å². The van der Waals surface area contributed by atoms with E-state index in [1.165, 1.54) is 5.56 Å². The number of nitrogens with zero attached hydrogens (tertiary/aromatic N) is 1. The summed E-state index contributed by atoms with van der Waals surface area (Å²) in [7, 11) is 0. The van der Waals surface area contributed by atoms with Gasteiger partial charge in [0.15, 0.2) is 0 Å². The molecule has 17 heavy (non-hydrogen) atoms. The lowest BCUT2D eigenvalue weighted by Crippen LogP contribution is -1.73. The molecule has 2 aromatic rings. The molecule has 0 fully saturated rings. The Morgan fingerprint density at radius 3 is 2.18 bits per heavy atom. The Kier molecular flexibility index (Phi) is 6.12. The first kappa shape index (κ1) is 12.9. The van der Waals surface area contributed by atoms with Crippen LogP contribution in [0.1, 0.15) is 18.2 Å². The largest absolute Gasteiger partial charge is 0.257 e. The van der Waals surface area contributed by atoms with Gasteiger partial charge in [0, 0.05) is 6.20 Å². The smallest absolute Gasteiger partial charge is 0.0623 e. The summed E-state index contributed by atoms with van der Waals surface area (Å²) in [5.41, 5.74) is 2.19. The van der Waals surface area contributed by atoms with Crippen LogP contribution < -0.4 is 0 Å². The highest BCUT2D eigenvalue weighted by Gasteiger charge is 1.78. The quantitative estimate of drug-likeness (QED) is 0.733. The number of pyridine rings is 1. The molecule has 0 spiro atoms. The average Bonchev–Trinajstić information content (AvgIpc) is 2.42. The van der Waals surface area contributed by atoms with Crippen LogP contribution in [0.25, 0.3) is 12.2 Å². The molecule has 0 atom stereocenters. The van der Waals surface area contributed by atoms with Gasteiger partial charge in [0.1, 0.15) is 0 Å². The van der Waals surface area contributed by atoms with Gasteiger partial charge in [-0.25, -0.2) is 0 Å². The van der Waals surface area contributed by atoms with Crippen LogP contribution in [0.15, 0.2) is 67.4 Å². The van der Waals surface area contributed by atoms with E-state index in [1.54, 1.807) is 12.3 Å². The lowest BCUT2D eigenvalue weighted by molar-refractivity contribution is 1.30. The molecule has 0 aliphatic carbocycles. The van der Waals surface area contributed by atoms with Crippen molar-refractivity contribution in [1.29, 1.82) is 0 Å². The number of hydrogen-bond acceptors (Lipinski definition) is 1. The van der Waals surface area contributed by atoms with Crippen LogP contribution in [-0.4, -0.2) is 4.98 Å².